The molecule has 0 aromatic carbocycles. The number of carbonyl (C=O) groups is 2. The number of aliphatic carboxylic acids is 1. The molecule has 1 aromatic rings. The maximum Gasteiger partial charge on any atom is 0.326 e. The van der Waals surface area contributed by atoms with Gasteiger partial charge >= 0.3 is 5.97 Å². The summed E-state index contributed by atoms with van der Waals surface area (Å²) in [5, 5.41) is 11.6. The van der Waals surface area contributed by atoms with Gasteiger partial charge in [0.1, 0.15) is 11.8 Å². The Labute approximate surface area is 106 Å². The summed E-state index contributed by atoms with van der Waals surface area (Å²) in [6, 6.07) is 2.30. The minimum absolute atomic E-state index is 0.141. The first-order valence-corrected chi connectivity index (χ1v) is 5.88. The molecule has 1 aromatic heterocycles. The lowest BCUT2D eigenvalue weighted by Crippen LogP contribution is -2.49. The molecular weight excluding hydrogens is 234 g/mol. The first-order valence-electron chi connectivity index (χ1n) is 5.88. The van der Waals surface area contributed by atoms with Gasteiger partial charge in [0, 0.05) is 6.42 Å². The van der Waals surface area contributed by atoms with Gasteiger partial charge in [0.25, 0.3) is 5.91 Å². The third-order valence-corrected chi connectivity index (χ3v) is 2.62. The van der Waals surface area contributed by atoms with E-state index in [4.69, 9.17) is 9.52 Å². The van der Waals surface area contributed by atoms with E-state index >= 15 is 0 Å². The molecule has 0 saturated carbocycles. The van der Waals surface area contributed by atoms with E-state index in [9.17, 15) is 9.59 Å². The monoisotopic (exact) mass is 253 g/mol. The Morgan fingerprint density at radius 2 is 2.00 bits per heavy atom. The summed E-state index contributed by atoms with van der Waals surface area (Å²) in [4.78, 5) is 23.0. The molecule has 5 heteroatoms. The third kappa shape index (κ3) is 3.35. The predicted molar refractivity (Wildman–Crippen MR) is 66.4 cm³/mol. The molecule has 0 aliphatic rings. The highest BCUT2D eigenvalue weighted by atomic mass is 16.4. The summed E-state index contributed by atoms with van der Waals surface area (Å²) in [5.74, 6) is -0.722. The van der Waals surface area contributed by atoms with E-state index in [0.717, 1.165) is 0 Å². The van der Waals surface area contributed by atoms with E-state index in [0.29, 0.717) is 12.2 Å². The van der Waals surface area contributed by atoms with Gasteiger partial charge in [-0.2, -0.15) is 0 Å². The van der Waals surface area contributed by atoms with Crippen LogP contribution < -0.4 is 5.32 Å². The number of carbonyl (C=O) groups excluding carboxylic acids is 1. The van der Waals surface area contributed by atoms with Crippen molar-refractivity contribution in [3.63, 3.8) is 0 Å². The number of carboxylic acids is 1. The molecule has 0 spiro atoms. The fraction of sp³-hybridized carbons (Fsp3) is 0.538. The molecule has 0 aliphatic heterocycles. The Kier molecular flexibility index (Phi) is 4.16. The molecule has 18 heavy (non-hydrogen) atoms. The van der Waals surface area contributed by atoms with Gasteiger partial charge in [-0.05, 0) is 17.5 Å². The van der Waals surface area contributed by atoms with E-state index in [-0.39, 0.29) is 5.76 Å². The quantitative estimate of drug-likeness (QED) is 0.860. The molecule has 0 aliphatic carbocycles. The van der Waals surface area contributed by atoms with Crippen molar-refractivity contribution in [3.05, 3.63) is 23.7 Å². The maximum atomic E-state index is 11.9. The minimum atomic E-state index is -1.06. The maximum absolute atomic E-state index is 11.9. The number of furan rings is 1. The zero-order chi connectivity index (χ0) is 13.9. The Hall–Kier alpha value is -1.78. The van der Waals surface area contributed by atoms with Gasteiger partial charge in [-0.25, -0.2) is 4.79 Å². The Bertz CT molecular complexity index is 442. The highest BCUT2D eigenvalue weighted by Gasteiger charge is 2.33. The van der Waals surface area contributed by atoms with Gasteiger partial charge in [-0.3, -0.25) is 4.79 Å². The number of amides is 1. The minimum Gasteiger partial charge on any atom is -0.480 e. The van der Waals surface area contributed by atoms with Gasteiger partial charge in [0.15, 0.2) is 5.76 Å². The zero-order valence-electron chi connectivity index (χ0n) is 11.1. The molecule has 0 saturated heterocycles. The fourth-order valence-corrected chi connectivity index (χ4v) is 1.54. The van der Waals surface area contributed by atoms with Crippen molar-refractivity contribution in [2.24, 2.45) is 5.41 Å². The molecular formula is C13H19NO4. The van der Waals surface area contributed by atoms with Gasteiger partial charge in [0.05, 0.1) is 0 Å². The number of aryl methyl sites for hydroxylation is 1. The van der Waals surface area contributed by atoms with Gasteiger partial charge < -0.3 is 14.8 Å². The van der Waals surface area contributed by atoms with Crippen LogP contribution in [0.2, 0.25) is 0 Å². The van der Waals surface area contributed by atoms with Crippen molar-refractivity contribution < 1.29 is 19.1 Å². The zero-order valence-corrected chi connectivity index (χ0v) is 11.1. The number of rotatable bonds is 4. The predicted octanol–water partition coefficient (Wildman–Crippen LogP) is 2.07. The van der Waals surface area contributed by atoms with Crippen molar-refractivity contribution in [3.8, 4) is 0 Å². The highest BCUT2D eigenvalue weighted by Crippen LogP contribution is 2.20. The van der Waals surface area contributed by atoms with Crippen LogP contribution in [-0.2, 0) is 11.2 Å². The van der Waals surface area contributed by atoms with Crippen LogP contribution in [0.3, 0.4) is 0 Å². The molecule has 1 amide bonds. The Morgan fingerprint density at radius 3 is 2.39 bits per heavy atom. The average molecular weight is 253 g/mol. The van der Waals surface area contributed by atoms with Crippen LogP contribution in [0.5, 0.6) is 0 Å². The number of hydrogen-bond donors (Lipinski definition) is 2. The van der Waals surface area contributed by atoms with Crippen molar-refractivity contribution in [1.82, 2.24) is 5.32 Å². The number of hydrogen-bond acceptors (Lipinski definition) is 3. The van der Waals surface area contributed by atoms with Crippen LogP contribution in [-0.4, -0.2) is 23.0 Å². The SMILES string of the molecule is CCc1ccc(C(=O)NC(C(=O)O)C(C)(C)C)o1. The lowest BCUT2D eigenvalue weighted by Gasteiger charge is -2.27. The van der Waals surface area contributed by atoms with Crippen LogP contribution in [0.25, 0.3) is 0 Å². The van der Waals surface area contributed by atoms with Crippen molar-refractivity contribution in [2.75, 3.05) is 0 Å². The van der Waals surface area contributed by atoms with Crippen LogP contribution >= 0.6 is 0 Å². The summed E-state index contributed by atoms with van der Waals surface area (Å²) in [6.45, 7) is 7.18. The Balaban J connectivity index is 2.82. The molecule has 5 nitrogen and oxygen atoms in total. The molecule has 0 bridgehead atoms. The number of nitrogens with one attached hydrogen (secondary N) is 1. The van der Waals surface area contributed by atoms with Gasteiger partial charge in [0.2, 0.25) is 0 Å². The fourth-order valence-electron chi connectivity index (χ4n) is 1.54. The van der Waals surface area contributed by atoms with Gasteiger partial charge in [-0.1, -0.05) is 27.7 Å². The normalized spacial score (nSPS) is 13.1. The molecule has 1 rings (SSSR count). The van der Waals surface area contributed by atoms with E-state index < -0.39 is 23.3 Å². The summed E-state index contributed by atoms with van der Waals surface area (Å²) in [6.07, 6.45) is 0.689. The van der Waals surface area contributed by atoms with Crippen LogP contribution in [0.15, 0.2) is 16.5 Å². The third-order valence-electron chi connectivity index (χ3n) is 2.62. The average Bonchev–Trinajstić information content (AvgIpc) is 2.71. The van der Waals surface area contributed by atoms with E-state index in [1.807, 2.05) is 6.92 Å². The summed E-state index contributed by atoms with van der Waals surface area (Å²) in [5.41, 5.74) is -0.568. The van der Waals surface area contributed by atoms with E-state index in [1.54, 1.807) is 32.9 Å². The second kappa shape index (κ2) is 5.25. The van der Waals surface area contributed by atoms with E-state index in [2.05, 4.69) is 5.32 Å². The van der Waals surface area contributed by atoms with E-state index in [1.165, 1.54) is 0 Å². The molecule has 0 radical (unpaired) electrons. The molecule has 100 valence electrons. The largest absolute Gasteiger partial charge is 0.480 e. The second-order valence-corrected chi connectivity index (χ2v) is 5.23. The lowest BCUT2D eigenvalue weighted by atomic mass is 9.87. The van der Waals surface area contributed by atoms with Crippen LogP contribution in [0, 0.1) is 5.41 Å². The Morgan fingerprint density at radius 1 is 1.39 bits per heavy atom. The molecule has 0 fully saturated rings. The molecule has 2 N–H and O–H groups in total. The van der Waals surface area contributed by atoms with Crippen molar-refractivity contribution in [1.29, 1.82) is 0 Å². The van der Waals surface area contributed by atoms with Crippen LogP contribution in [0.1, 0.15) is 44.0 Å². The van der Waals surface area contributed by atoms with Crippen molar-refractivity contribution in [2.45, 2.75) is 40.2 Å². The first-order chi connectivity index (χ1) is 8.25. The summed E-state index contributed by atoms with van der Waals surface area (Å²) >= 11 is 0. The van der Waals surface area contributed by atoms with Crippen molar-refractivity contribution >= 4 is 11.9 Å². The molecule has 1 atom stereocenters. The standard InChI is InChI=1S/C13H19NO4/c1-5-8-6-7-9(18-8)11(15)14-10(12(16)17)13(2,3)4/h6-7,10H,5H2,1-4H3,(H,14,15)(H,16,17). The first kappa shape index (κ1) is 14.3. The summed E-state index contributed by atoms with van der Waals surface area (Å²) < 4.78 is 5.28. The lowest BCUT2D eigenvalue weighted by molar-refractivity contribution is -0.142. The topological polar surface area (TPSA) is 79.5 Å². The number of carboxylic acid groups (broad SMARTS) is 1. The molecule has 1 heterocycles. The van der Waals surface area contributed by atoms with Crippen LogP contribution in [0.4, 0.5) is 0 Å². The second-order valence-electron chi connectivity index (χ2n) is 5.23. The smallest absolute Gasteiger partial charge is 0.326 e. The summed E-state index contributed by atoms with van der Waals surface area (Å²) in [7, 11) is 0. The van der Waals surface area contributed by atoms with Gasteiger partial charge in [-0.15, -0.1) is 0 Å². The highest BCUT2D eigenvalue weighted by molar-refractivity contribution is 5.94. The molecule has 1 unspecified atom stereocenters.